The van der Waals surface area contributed by atoms with Crippen molar-refractivity contribution in [3.05, 3.63) is 0 Å². The molecule has 0 aromatic rings. The quantitative estimate of drug-likeness (QED) is 0.598. The number of piperidine rings is 2. The van der Waals surface area contributed by atoms with Gasteiger partial charge in [-0.05, 0) is 44.7 Å². The molecule has 3 rings (SSSR count). The number of ether oxygens (including phenoxy) is 1. The Bertz CT molecular complexity index is 537. The summed E-state index contributed by atoms with van der Waals surface area (Å²) in [5, 5.41) is 6.67. The monoisotopic (exact) mass is 423 g/mol. The number of nitrogens with zero attached hydrogens (tertiary/aromatic N) is 3. The van der Waals surface area contributed by atoms with E-state index < -0.39 is 0 Å². The van der Waals surface area contributed by atoms with E-state index in [0.29, 0.717) is 25.0 Å². The lowest BCUT2D eigenvalue weighted by Crippen LogP contribution is -2.57. The summed E-state index contributed by atoms with van der Waals surface area (Å²) in [6, 6.07) is 1.02. The van der Waals surface area contributed by atoms with Crippen LogP contribution in [-0.2, 0) is 9.53 Å². The van der Waals surface area contributed by atoms with Gasteiger partial charge in [0.15, 0.2) is 0 Å². The fraction of sp³-hybridized carbons (Fsp3) is 0.909. The summed E-state index contributed by atoms with van der Waals surface area (Å²) < 4.78 is 5.25. The van der Waals surface area contributed by atoms with Crippen LogP contribution in [0.5, 0.6) is 0 Å². The number of piperazine rings is 1. The maximum Gasteiger partial charge on any atom is 0.317 e. The van der Waals surface area contributed by atoms with Gasteiger partial charge in [0.25, 0.3) is 0 Å². The Labute approximate surface area is 181 Å². The van der Waals surface area contributed by atoms with Crippen molar-refractivity contribution in [2.24, 2.45) is 5.92 Å². The summed E-state index contributed by atoms with van der Waals surface area (Å²) >= 11 is 0. The summed E-state index contributed by atoms with van der Waals surface area (Å²) in [7, 11) is 0. The first kappa shape index (κ1) is 23.3. The minimum absolute atomic E-state index is 0.0932. The number of esters is 1. The van der Waals surface area contributed by atoms with Crippen molar-refractivity contribution in [2.75, 3.05) is 65.5 Å². The number of amides is 2. The molecule has 2 amide bonds. The van der Waals surface area contributed by atoms with Crippen molar-refractivity contribution >= 4 is 12.0 Å². The zero-order valence-electron chi connectivity index (χ0n) is 18.9. The number of hydrogen-bond acceptors (Lipinski definition) is 6. The van der Waals surface area contributed by atoms with Gasteiger partial charge in [0.05, 0.1) is 13.0 Å². The van der Waals surface area contributed by atoms with Crippen LogP contribution in [0.15, 0.2) is 0 Å². The molecule has 3 fully saturated rings. The van der Waals surface area contributed by atoms with Crippen molar-refractivity contribution in [1.29, 1.82) is 0 Å². The van der Waals surface area contributed by atoms with Crippen LogP contribution in [-0.4, -0.2) is 104 Å². The van der Waals surface area contributed by atoms with E-state index in [1.807, 2.05) is 18.7 Å². The summed E-state index contributed by atoms with van der Waals surface area (Å²) in [6.07, 6.45) is 4.79. The van der Waals surface area contributed by atoms with Gasteiger partial charge in [-0.25, -0.2) is 4.79 Å². The van der Waals surface area contributed by atoms with Crippen LogP contribution in [0, 0.1) is 5.92 Å². The van der Waals surface area contributed by atoms with Crippen LogP contribution >= 0.6 is 0 Å². The van der Waals surface area contributed by atoms with Gasteiger partial charge >= 0.3 is 12.0 Å². The molecule has 2 N–H and O–H groups in total. The molecular weight excluding hydrogens is 382 g/mol. The molecule has 0 radical (unpaired) electrons. The number of carbonyl (C=O) groups is 2. The summed E-state index contributed by atoms with van der Waals surface area (Å²) in [5.74, 6) is 0.267. The van der Waals surface area contributed by atoms with E-state index in [1.165, 1.54) is 12.8 Å². The minimum Gasteiger partial charge on any atom is -0.465 e. The lowest BCUT2D eigenvalue weighted by atomic mass is 10.0. The lowest BCUT2D eigenvalue weighted by molar-refractivity contribution is -0.145. The normalized spacial score (nSPS) is 23.0. The van der Waals surface area contributed by atoms with Crippen molar-refractivity contribution in [3.8, 4) is 0 Å². The Morgan fingerprint density at radius 3 is 2.30 bits per heavy atom. The smallest absolute Gasteiger partial charge is 0.317 e. The molecule has 0 saturated carbocycles. The molecule has 0 aromatic heterocycles. The van der Waals surface area contributed by atoms with Crippen LogP contribution in [0.4, 0.5) is 4.79 Å². The Balaban J connectivity index is 1.28. The summed E-state index contributed by atoms with van der Waals surface area (Å²) in [5.41, 5.74) is 0. The van der Waals surface area contributed by atoms with Crippen molar-refractivity contribution in [3.63, 3.8) is 0 Å². The van der Waals surface area contributed by atoms with Crippen LogP contribution in [0.2, 0.25) is 0 Å². The number of rotatable bonds is 7. The molecule has 3 saturated heterocycles. The van der Waals surface area contributed by atoms with Gasteiger partial charge in [-0.3, -0.25) is 9.69 Å². The molecule has 0 atom stereocenters. The van der Waals surface area contributed by atoms with E-state index in [2.05, 4.69) is 20.4 Å². The van der Waals surface area contributed by atoms with Gasteiger partial charge in [-0.1, -0.05) is 13.8 Å². The zero-order valence-corrected chi connectivity index (χ0v) is 18.9. The fourth-order valence-corrected chi connectivity index (χ4v) is 4.61. The van der Waals surface area contributed by atoms with Crippen LogP contribution < -0.4 is 10.6 Å². The van der Waals surface area contributed by atoms with E-state index in [4.69, 9.17) is 4.74 Å². The standard InChI is InChI=1S/C22H41N5O3/c1-18(2)17-30-21(28)7-12-25-10-5-19(6-11-25)24-22(29)27-15-13-26(14-16-27)20-3-8-23-9-4-20/h18-20,23H,3-17H2,1-2H3,(H,24,29). The maximum absolute atomic E-state index is 12.7. The van der Waals surface area contributed by atoms with Gasteiger partial charge < -0.3 is 25.2 Å². The van der Waals surface area contributed by atoms with Gasteiger partial charge in [-0.2, -0.15) is 0 Å². The highest BCUT2D eigenvalue weighted by Gasteiger charge is 2.28. The van der Waals surface area contributed by atoms with Gasteiger partial charge in [0, 0.05) is 57.9 Å². The molecule has 30 heavy (non-hydrogen) atoms. The molecule has 3 aliphatic rings. The second-order valence-electron chi connectivity index (χ2n) is 9.40. The Morgan fingerprint density at radius 2 is 1.67 bits per heavy atom. The molecule has 3 aliphatic heterocycles. The fourth-order valence-electron chi connectivity index (χ4n) is 4.61. The predicted octanol–water partition coefficient (Wildman–Crippen LogP) is 1.12. The molecule has 8 heteroatoms. The molecule has 0 spiro atoms. The number of hydrogen-bond donors (Lipinski definition) is 2. The lowest BCUT2D eigenvalue weighted by Gasteiger charge is -2.41. The van der Waals surface area contributed by atoms with Crippen LogP contribution in [0.3, 0.4) is 0 Å². The van der Waals surface area contributed by atoms with Crippen LogP contribution in [0.1, 0.15) is 46.0 Å². The average Bonchev–Trinajstić information content (AvgIpc) is 2.78. The number of nitrogens with one attached hydrogen (secondary N) is 2. The number of carbonyl (C=O) groups excluding carboxylic acids is 2. The third kappa shape index (κ3) is 7.39. The third-order valence-corrected chi connectivity index (χ3v) is 6.55. The zero-order chi connectivity index (χ0) is 21.3. The van der Waals surface area contributed by atoms with Crippen LogP contribution in [0.25, 0.3) is 0 Å². The minimum atomic E-state index is -0.109. The first-order valence-electron chi connectivity index (χ1n) is 11.9. The first-order valence-corrected chi connectivity index (χ1v) is 11.9. The highest BCUT2D eigenvalue weighted by Crippen LogP contribution is 2.16. The molecule has 0 unspecified atom stereocenters. The van der Waals surface area contributed by atoms with E-state index >= 15 is 0 Å². The van der Waals surface area contributed by atoms with Gasteiger partial charge in [0.2, 0.25) is 0 Å². The first-order chi connectivity index (χ1) is 14.5. The van der Waals surface area contributed by atoms with E-state index in [9.17, 15) is 9.59 Å². The largest absolute Gasteiger partial charge is 0.465 e. The molecule has 3 heterocycles. The van der Waals surface area contributed by atoms with E-state index in [0.717, 1.165) is 71.7 Å². The Morgan fingerprint density at radius 1 is 1.00 bits per heavy atom. The Kier molecular flexibility index (Phi) is 9.21. The van der Waals surface area contributed by atoms with E-state index in [-0.39, 0.29) is 18.0 Å². The molecule has 0 bridgehead atoms. The predicted molar refractivity (Wildman–Crippen MR) is 117 cm³/mol. The second-order valence-corrected chi connectivity index (χ2v) is 9.40. The summed E-state index contributed by atoms with van der Waals surface area (Å²) in [6.45, 7) is 13.0. The third-order valence-electron chi connectivity index (χ3n) is 6.55. The molecule has 172 valence electrons. The van der Waals surface area contributed by atoms with Gasteiger partial charge in [0.1, 0.15) is 0 Å². The number of likely N-dealkylation sites (tertiary alicyclic amines) is 1. The Hall–Kier alpha value is -1.38. The molecule has 8 nitrogen and oxygen atoms in total. The topological polar surface area (TPSA) is 77.2 Å². The van der Waals surface area contributed by atoms with E-state index in [1.54, 1.807) is 0 Å². The van der Waals surface area contributed by atoms with Crippen molar-refractivity contribution < 1.29 is 14.3 Å². The van der Waals surface area contributed by atoms with Crippen molar-refractivity contribution in [2.45, 2.75) is 58.0 Å². The summed E-state index contributed by atoms with van der Waals surface area (Å²) in [4.78, 5) is 31.3. The second kappa shape index (κ2) is 11.9. The molecule has 0 aliphatic carbocycles. The maximum atomic E-state index is 12.7. The van der Waals surface area contributed by atoms with Gasteiger partial charge in [-0.15, -0.1) is 0 Å². The number of urea groups is 1. The highest BCUT2D eigenvalue weighted by atomic mass is 16.5. The average molecular weight is 424 g/mol. The SMILES string of the molecule is CC(C)COC(=O)CCN1CCC(NC(=O)N2CCN(C3CCNCC3)CC2)CC1. The highest BCUT2D eigenvalue weighted by molar-refractivity contribution is 5.74. The molecular formula is C22H41N5O3. The molecule has 0 aromatic carbocycles. The van der Waals surface area contributed by atoms with Crippen molar-refractivity contribution in [1.82, 2.24) is 25.3 Å².